The van der Waals surface area contributed by atoms with E-state index >= 15 is 0 Å². The molecule has 0 saturated carbocycles. The third kappa shape index (κ3) is 38.2. The molecule has 0 fully saturated rings. The molecule has 0 bridgehead atoms. The minimum absolute atomic E-state index is 0.0326. The maximum Gasteiger partial charge on any atom is 0.472 e. The van der Waals surface area contributed by atoms with Crippen molar-refractivity contribution in [3.63, 3.8) is 0 Å². The molecule has 0 aromatic rings. The highest BCUT2D eigenvalue weighted by atomic mass is 31.2. The van der Waals surface area contributed by atoms with Crippen LogP contribution in [-0.4, -0.2) is 49.3 Å². The highest BCUT2D eigenvalue weighted by Gasteiger charge is 2.26. The van der Waals surface area contributed by atoms with Gasteiger partial charge in [0.25, 0.3) is 0 Å². The van der Waals surface area contributed by atoms with Crippen molar-refractivity contribution in [2.24, 2.45) is 5.73 Å². The standard InChI is InChI=1S/C42H80NO8P/c1-3-5-7-9-11-13-15-17-19-21-23-25-27-29-31-34-41(44)48-38-40(39-50-52(46,47)49-37-33-36-43)51-42(45)35-32-30-28-26-24-22-20-18-16-14-12-10-8-6-4-2/h17-20,40H,3-16,21-39,43H2,1-2H3,(H,46,47)/t40-/m1/s1. The highest BCUT2D eigenvalue weighted by Crippen LogP contribution is 2.43. The van der Waals surface area contributed by atoms with Gasteiger partial charge in [-0.3, -0.25) is 18.6 Å². The summed E-state index contributed by atoms with van der Waals surface area (Å²) in [6, 6.07) is 0. The van der Waals surface area contributed by atoms with E-state index in [0.717, 1.165) is 70.6 Å². The van der Waals surface area contributed by atoms with Gasteiger partial charge in [-0.2, -0.15) is 0 Å². The van der Waals surface area contributed by atoms with E-state index in [4.69, 9.17) is 24.3 Å². The van der Waals surface area contributed by atoms with Crippen molar-refractivity contribution >= 4 is 19.8 Å². The fraction of sp³-hybridized carbons (Fsp3) is 0.857. The quantitative estimate of drug-likeness (QED) is 0.0271. The van der Waals surface area contributed by atoms with Crippen LogP contribution in [0.25, 0.3) is 0 Å². The first-order valence-corrected chi connectivity index (χ1v) is 22.8. The molecule has 52 heavy (non-hydrogen) atoms. The third-order valence-corrected chi connectivity index (χ3v) is 10.0. The number of esters is 2. The fourth-order valence-corrected chi connectivity index (χ4v) is 6.57. The van der Waals surface area contributed by atoms with Crippen LogP contribution in [0.15, 0.2) is 24.3 Å². The number of hydrogen-bond donors (Lipinski definition) is 2. The van der Waals surface area contributed by atoms with Crippen molar-refractivity contribution in [1.82, 2.24) is 0 Å². The first kappa shape index (κ1) is 50.5. The summed E-state index contributed by atoms with van der Waals surface area (Å²) in [7, 11) is -4.36. The second-order valence-corrected chi connectivity index (χ2v) is 15.7. The first-order valence-electron chi connectivity index (χ1n) is 21.3. The van der Waals surface area contributed by atoms with E-state index in [1.165, 1.54) is 89.9 Å². The van der Waals surface area contributed by atoms with Gasteiger partial charge in [0.05, 0.1) is 13.2 Å². The van der Waals surface area contributed by atoms with Gasteiger partial charge >= 0.3 is 19.8 Å². The SMILES string of the molecule is CCCCCCCCC=CCCCCCCCC(=O)OC[C@H](COP(=O)(O)OCCCN)OC(=O)CCCCCCCC=CCCCCCCCC. The molecule has 0 aliphatic carbocycles. The van der Waals surface area contributed by atoms with Gasteiger partial charge in [0, 0.05) is 12.8 Å². The normalized spacial score (nSPS) is 13.5. The van der Waals surface area contributed by atoms with E-state index in [2.05, 4.69) is 38.2 Å². The molecule has 0 aliphatic rings. The summed E-state index contributed by atoms with van der Waals surface area (Å²) in [4.78, 5) is 35.0. The maximum absolute atomic E-state index is 12.6. The Hall–Kier alpha value is -1.51. The molecule has 0 heterocycles. The number of ether oxygens (including phenoxy) is 2. The number of allylic oxidation sites excluding steroid dienone is 4. The molecule has 0 radical (unpaired) electrons. The molecular weight excluding hydrogens is 677 g/mol. The van der Waals surface area contributed by atoms with Gasteiger partial charge < -0.3 is 20.1 Å². The lowest BCUT2D eigenvalue weighted by Gasteiger charge is -2.20. The van der Waals surface area contributed by atoms with Gasteiger partial charge in [0.1, 0.15) is 6.61 Å². The summed E-state index contributed by atoms with van der Waals surface area (Å²) < 4.78 is 33.1. The first-order chi connectivity index (χ1) is 25.3. The zero-order valence-corrected chi connectivity index (χ0v) is 34.4. The summed E-state index contributed by atoms with van der Waals surface area (Å²) in [5, 5.41) is 0. The smallest absolute Gasteiger partial charge is 0.462 e. The lowest BCUT2D eigenvalue weighted by atomic mass is 10.1. The second kappa shape index (κ2) is 39.2. The molecule has 0 amide bonds. The summed E-state index contributed by atoms with van der Waals surface area (Å²) >= 11 is 0. The van der Waals surface area contributed by atoms with Gasteiger partial charge in [0.2, 0.25) is 0 Å². The highest BCUT2D eigenvalue weighted by molar-refractivity contribution is 7.47. The number of hydrogen-bond acceptors (Lipinski definition) is 8. The average molecular weight is 758 g/mol. The Kier molecular flexibility index (Phi) is 38.1. The van der Waals surface area contributed by atoms with Crippen molar-refractivity contribution < 1.29 is 37.6 Å². The summed E-state index contributed by atoms with van der Waals surface area (Å²) in [6.07, 6.45) is 39.6. The third-order valence-electron chi connectivity index (χ3n) is 9.04. The largest absolute Gasteiger partial charge is 0.472 e. The van der Waals surface area contributed by atoms with E-state index in [1.54, 1.807) is 0 Å². The second-order valence-electron chi connectivity index (χ2n) is 14.2. The Morgan fingerprint density at radius 2 is 0.962 bits per heavy atom. The molecule has 0 saturated heterocycles. The van der Waals surface area contributed by atoms with Gasteiger partial charge in [-0.1, -0.05) is 141 Å². The molecule has 0 spiro atoms. The molecule has 306 valence electrons. The van der Waals surface area contributed by atoms with E-state index in [0.29, 0.717) is 19.4 Å². The summed E-state index contributed by atoms with van der Waals surface area (Å²) in [5.74, 6) is -0.835. The predicted octanol–water partition coefficient (Wildman–Crippen LogP) is 12.0. The average Bonchev–Trinajstić information content (AvgIpc) is 3.12. The molecule has 9 nitrogen and oxygen atoms in total. The van der Waals surface area contributed by atoms with Crippen LogP contribution < -0.4 is 5.73 Å². The number of phosphoric ester groups is 1. The maximum atomic E-state index is 12.6. The molecule has 0 aliphatic heterocycles. The van der Waals surface area contributed by atoms with E-state index in [9.17, 15) is 19.0 Å². The number of rotatable bonds is 40. The molecule has 10 heteroatoms. The van der Waals surface area contributed by atoms with Crippen LogP contribution in [-0.2, 0) is 32.7 Å². The van der Waals surface area contributed by atoms with Crippen LogP contribution in [0.3, 0.4) is 0 Å². The van der Waals surface area contributed by atoms with E-state index in [1.807, 2.05) is 0 Å². The zero-order chi connectivity index (χ0) is 38.2. The number of carbonyl (C=O) groups excluding carboxylic acids is 2. The lowest BCUT2D eigenvalue weighted by molar-refractivity contribution is -0.161. The van der Waals surface area contributed by atoms with Crippen LogP contribution in [0.2, 0.25) is 0 Å². The van der Waals surface area contributed by atoms with Crippen molar-refractivity contribution in [2.45, 2.75) is 206 Å². The Morgan fingerprint density at radius 1 is 0.558 bits per heavy atom. The number of unbranched alkanes of at least 4 members (excludes halogenated alkanes) is 22. The Balaban J connectivity index is 4.25. The number of phosphoric acid groups is 1. The Bertz CT molecular complexity index is 912. The molecule has 1 unspecified atom stereocenters. The molecule has 0 aromatic heterocycles. The monoisotopic (exact) mass is 758 g/mol. The van der Waals surface area contributed by atoms with Gasteiger partial charge in [-0.05, 0) is 77.2 Å². The molecule has 2 atom stereocenters. The zero-order valence-electron chi connectivity index (χ0n) is 33.6. The van der Waals surface area contributed by atoms with Crippen LogP contribution in [0.4, 0.5) is 0 Å². The van der Waals surface area contributed by atoms with Crippen LogP contribution in [0.1, 0.15) is 200 Å². The van der Waals surface area contributed by atoms with Crippen molar-refractivity contribution in [2.75, 3.05) is 26.4 Å². The summed E-state index contributed by atoms with van der Waals surface area (Å²) in [5.41, 5.74) is 5.42. The number of carbonyl (C=O) groups is 2. The van der Waals surface area contributed by atoms with Crippen LogP contribution in [0, 0.1) is 0 Å². The predicted molar refractivity (Wildman–Crippen MR) is 215 cm³/mol. The van der Waals surface area contributed by atoms with Crippen molar-refractivity contribution in [1.29, 1.82) is 0 Å². The van der Waals surface area contributed by atoms with Crippen molar-refractivity contribution in [3.05, 3.63) is 24.3 Å². The lowest BCUT2D eigenvalue weighted by Crippen LogP contribution is -2.29. The van der Waals surface area contributed by atoms with Crippen LogP contribution in [0.5, 0.6) is 0 Å². The van der Waals surface area contributed by atoms with E-state index < -0.39 is 26.5 Å². The minimum atomic E-state index is -4.36. The number of nitrogens with two attached hydrogens (primary N) is 1. The van der Waals surface area contributed by atoms with E-state index in [-0.39, 0.29) is 32.0 Å². The topological polar surface area (TPSA) is 134 Å². The molecule has 0 rings (SSSR count). The fourth-order valence-electron chi connectivity index (χ4n) is 5.78. The Morgan fingerprint density at radius 3 is 1.40 bits per heavy atom. The summed E-state index contributed by atoms with van der Waals surface area (Å²) in [6.45, 7) is 4.10. The van der Waals surface area contributed by atoms with Gasteiger partial charge in [0.15, 0.2) is 6.10 Å². The molecule has 0 aromatic carbocycles. The Labute approximate surface area is 319 Å². The van der Waals surface area contributed by atoms with Gasteiger partial charge in [-0.15, -0.1) is 0 Å². The molecular formula is C42H80NO8P. The van der Waals surface area contributed by atoms with Gasteiger partial charge in [-0.25, -0.2) is 4.57 Å². The molecule has 3 N–H and O–H groups in total. The van der Waals surface area contributed by atoms with Crippen molar-refractivity contribution in [3.8, 4) is 0 Å². The minimum Gasteiger partial charge on any atom is -0.462 e. The van der Waals surface area contributed by atoms with Crippen LogP contribution >= 0.6 is 7.82 Å².